The summed E-state index contributed by atoms with van der Waals surface area (Å²) in [6, 6.07) is 10.6. The molecule has 150 valence electrons. The van der Waals surface area contributed by atoms with Crippen LogP contribution in [0.25, 0.3) is 0 Å². The third kappa shape index (κ3) is 3.94. The monoisotopic (exact) mass is 494 g/mol. The van der Waals surface area contributed by atoms with E-state index in [4.69, 9.17) is 20.8 Å². The van der Waals surface area contributed by atoms with Crippen LogP contribution in [0.15, 0.2) is 61.9 Å². The summed E-state index contributed by atoms with van der Waals surface area (Å²) in [7, 11) is 1.35. The zero-order valence-corrected chi connectivity index (χ0v) is 18.6. The van der Waals surface area contributed by atoms with Gasteiger partial charge in [-0.3, -0.25) is 0 Å². The summed E-state index contributed by atoms with van der Waals surface area (Å²) in [5.74, 6) is 1.23. The van der Waals surface area contributed by atoms with E-state index in [0.717, 1.165) is 5.56 Å². The number of ether oxygens (including phenoxy) is 1. The third-order valence-electron chi connectivity index (χ3n) is 4.42. The SMILES string of the molecule is COC(=O)C1=C(C)Nc2nc(SCc3ccccc3Cl)nn2C1c1ccc(Br)o1. The first kappa shape index (κ1) is 20.1. The van der Waals surface area contributed by atoms with Crippen LogP contribution in [0.5, 0.6) is 0 Å². The lowest BCUT2D eigenvalue weighted by molar-refractivity contribution is -0.136. The minimum Gasteiger partial charge on any atom is -0.466 e. The standard InChI is InChI=1S/C19H16BrClN4O3S/c1-10-15(17(26)27-2)16(13-7-8-14(20)28-13)25-18(22-10)23-19(24-25)29-9-11-5-3-4-6-12(11)21/h3-8,16H,9H2,1-2H3,(H,22,23,24). The number of furan rings is 1. The fourth-order valence-corrected chi connectivity index (χ4v) is 4.50. The molecule has 0 radical (unpaired) electrons. The van der Waals surface area contributed by atoms with Crippen molar-refractivity contribution in [3.8, 4) is 0 Å². The molecule has 4 rings (SSSR count). The molecule has 3 aromatic rings. The van der Waals surface area contributed by atoms with Gasteiger partial charge >= 0.3 is 5.97 Å². The molecule has 0 bridgehead atoms. The highest BCUT2D eigenvalue weighted by atomic mass is 79.9. The van der Waals surface area contributed by atoms with Crippen LogP contribution in [0.3, 0.4) is 0 Å². The van der Waals surface area contributed by atoms with Crippen LogP contribution in [-0.4, -0.2) is 27.8 Å². The predicted octanol–water partition coefficient (Wildman–Crippen LogP) is 5.04. The number of halogens is 2. The first-order chi connectivity index (χ1) is 14.0. The van der Waals surface area contributed by atoms with Crippen LogP contribution in [-0.2, 0) is 15.3 Å². The fourth-order valence-electron chi connectivity index (χ4n) is 3.06. The summed E-state index contributed by atoms with van der Waals surface area (Å²) in [6.45, 7) is 1.80. The Morgan fingerprint density at radius 1 is 1.38 bits per heavy atom. The molecule has 0 spiro atoms. The van der Waals surface area contributed by atoms with Crippen molar-refractivity contribution in [3.05, 3.63) is 68.7 Å². The Morgan fingerprint density at radius 2 is 2.17 bits per heavy atom. The maximum absolute atomic E-state index is 12.5. The normalized spacial score (nSPS) is 15.8. The van der Waals surface area contributed by atoms with Gasteiger partial charge in [-0.1, -0.05) is 41.6 Å². The molecule has 29 heavy (non-hydrogen) atoms. The number of thioether (sulfide) groups is 1. The summed E-state index contributed by atoms with van der Waals surface area (Å²) in [5, 5.41) is 9.00. The summed E-state index contributed by atoms with van der Waals surface area (Å²) < 4.78 is 12.9. The molecule has 1 atom stereocenters. The number of hydrogen-bond donors (Lipinski definition) is 1. The molecule has 1 aromatic carbocycles. The van der Waals surface area contributed by atoms with E-state index in [2.05, 4.69) is 31.3 Å². The number of hydrogen-bond acceptors (Lipinski definition) is 7. The predicted molar refractivity (Wildman–Crippen MR) is 114 cm³/mol. The molecule has 0 amide bonds. The number of carbonyl (C=O) groups is 1. The highest BCUT2D eigenvalue weighted by Gasteiger charge is 2.36. The van der Waals surface area contributed by atoms with Crippen LogP contribution < -0.4 is 5.32 Å². The minimum absolute atomic E-state index is 0.411. The van der Waals surface area contributed by atoms with Gasteiger partial charge in [0.25, 0.3) is 0 Å². The highest BCUT2D eigenvalue weighted by molar-refractivity contribution is 9.10. The number of nitrogens with one attached hydrogen (secondary N) is 1. The largest absolute Gasteiger partial charge is 0.466 e. The van der Waals surface area contributed by atoms with E-state index >= 15 is 0 Å². The number of anilines is 1. The Labute approximate surface area is 184 Å². The Kier molecular flexibility index (Phi) is 5.71. The van der Waals surface area contributed by atoms with Crippen LogP contribution in [0, 0.1) is 0 Å². The zero-order chi connectivity index (χ0) is 20.5. The van der Waals surface area contributed by atoms with Crippen LogP contribution >= 0.6 is 39.3 Å². The first-order valence-corrected chi connectivity index (χ1v) is 10.8. The van der Waals surface area contributed by atoms with Crippen molar-refractivity contribution in [2.24, 2.45) is 0 Å². The lowest BCUT2D eigenvalue weighted by Gasteiger charge is -2.25. The lowest BCUT2D eigenvalue weighted by Crippen LogP contribution is -2.29. The Balaban J connectivity index is 1.69. The van der Waals surface area contributed by atoms with Crippen molar-refractivity contribution in [1.29, 1.82) is 0 Å². The van der Waals surface area contributed by atoms with Crippen LogP contribution in [0.4, 0.5) is 5.95 Å². The summed E-state index contributed by atoms with van der Waals surface area (Å²) in [6.07, 6.45) is 0. The van der Waals surface area contributed by atoms with Gasteiger partial charge in [0.2, 0.25) is 11.1 Å². The molecule has 2 aromatic heterocycles. The Hall–Kier alpha value is -2.23. The zero-order valence-electron chi connectivity index (χ0n) is 15.5. The topological polar surface area (TPSA) is 82.2 Å². The number of carbonyl (C=O) groups excluding carboxylic acids is 1. The Bertz CT molecular complexity index is 1110. The average Bonchev–Trinajstić information content (AvgIpc) is 3.31. The van der Waals surface area contributed by atoms with Gasteiger partial charge in [0.1, 0.15) is 11.8 Å². The van der Waals surface area contributed by atoms with Gasteiger partial charge in [0.15, 0.2) is 4.67 Å². The van der Waals surface area contributed by atoms with E-state index in [1.165, 1.54) is 18.9 Å². The van der Waals surface area contributed by atoms with Gasteiger partial charge in [0, 0.05) is 16.5 Å². The quantitative estimate of drug-likeness (QED) is 0.392. The molecule has 0 saturated heterocycles. The highest BCUT2D eigenvalue weighted by Crippen LogP contribution is 2.38. The number of rotatable bonds is 5. The summed E-state index contributed by atoms with van der Waals surface area (Å²) >= 11 is 11.0. The number of fused-ring (bicyclic) bond motifs is 1. The van der Waals surface area contributed by atoms with Gasteiger partial charge in [0.05, 0.1) is 12.7 Å². The van der Waals surface area contributed by atoms with E-state index in [0.29, 0.717) is 43.6 Å². The van der Waals surface area contributed by atoms with Crippen molar-refractivity contribution >= 4 is 51.2 Å². The second kappa shape index (κ2) is 8.25. The van der Waals surface area contributed by atoms with Gasteiger partial charge in [-0.25, -0.2) is 9.48 Å². The second-order valence-corrected chi connectivity index (χ2v) is 8.37. The molecular formula is C19H16BrClN4O3S. The number of esters is 1. The van der Waals surface area contributed by atoms with Crippen LogP contribution in [0.1, 0.15) is 24.3 Å². The number of allylic oxidation sites excluding steroid dienone is 1. The first-order valence-electron chi connectivity index (χ1n) is 8.62. The number of benzene rings is 1. The van der Waals surface area contributed by atoms with Crippen LogP contribution in [0.2, 0.25) is 5.02 Å². The van der Waals surface area contributed by atoms with E-state index in [-0.39, 0.29) is 0 Å². The summed E-state index contributed by atoms with van der Waals surface area (Å²) in [5.41, 5.74) is 2.04. The van der Waals surface area contributed by atoms with Crippen molar-refractivity contribution < 1.29 is 13.9 Å². The number of aromatic nitrogens is 3. The Morgan fingerprint density at radius 3 is 2.86 bits per heavy atom. The molecule has 1 N–H and O–H groups in total. The number of methoxy groups -OCH3 is 1. The molecular weight excluding hydrogens is 480 g/mol. The van der Waals surface area contributed by atoms with Crippen molar-refractivity contribution in [2.45, 2.75) is 23.9 Å². The molecule has 1 aliphatic heterocycles. The lowest BCUT2D eigenvalue weighted by atomic mass is 10.0. The van der Waals surface area contributed by atoms with Gasteiger partial charge in [-0.05, 0) is 46.6 Å². The molecule has 10 heteroatoms. The smallest absolute Gasteiger partial charge is 0.338 e. The maximum Gasteiger partial charge on any atom is 0.338 e. The third-order valence-corrected chi connectivity index (χ3v) is 6.10. The molecule has 0 fully saturated rings. The van der Waals surface area contributed by atoms with Gasteiger partial charge in [-0.15, -0.1) is 5.10 Å². The van der Waals surface area contributed by atoms with Gasteiger partial charge in [-0.2, -0.15) is 4.98 Å². The molecule has 3 heterocycles. The molecule has 0 aliphatic carbocycles. The molecule has 7 nitrogen and oxygen atoms in total. The van der Waals surface area contributed by atoms with Crippen molar-refractivity contribution in [1.82, 2.24) is 14.8 Å². The van der Waals surface area contributed by atoms with Crippen molar-refractivity contribution in [3.63, 3.8) is 0 Å². The average molecular weight is 496 g/mol. The van der Waals surface area contributed by atoms with E-state index in [1.54, 1.807) is 23.7 Å². The molecule has 0 saturated carbocycles. The fraction of sp³-hybridized carbons (Fsp3) is 0.211. The molecule has 1 aliphatic rings. The van der Waals surface area contributed by atoms with Gasteiger partial charge < -0.3 is 14.5 Å². The van der Waals surface area contributed by atoms with E-state index in [1.807, 2.05) is 24.3 Å². The van der Waals surface area contributed by atoms with E-state index in [9.17, 15) is 4.79 Å². The van der Waals surface area contributed by atoms with E-state index < -0.39 is 12.0 Å². The maximum atomic E-state index is 12.5. The molecule has 1 unspecified atom stereocenters. The van der Waals surface area contributed by atoms with Crippen molar-refractivity contribution in [2.75, 3.05) is 12.4 Å². The summed E-state index contributed by atoms with van der Waals surface area (Å²) in [4.78, 5) is 17.0. The minimum atomic E-state index is -0.591. The second-order valence-electron chi connectivity index (χ2n) is 6.24. The number of nitrogens with zero attached hydrogens (tertiary/aromatic N) is 3.